The van der Waals surface area contributed by atoms with Gasteiger partial charge in [0.15, 0.2) is 0 Å². The van der Waals surface area contributed by atoms with Crippen LogP contribution in [0, 0.1) is 0 Å². The Labute approximate surface area is 363 Å². The highest BCUT2D eigenvalue weighted by molar-refractivity contribution is 6.23. The van der Waals surface area contributed by atoms with Crippen LogP contribution in [0.15, 0.2) is 225 Å². The lowest BCUT2D eigenvalue weighted by Crippen LogP contribution is -1.93. The molecule has 0 aliphatic rings. The van der Waals surface area contributed by atoms with Gasteiger partial charge in [-0.15, -0.1) is 0 Å². The van der Waals surface area contributed by atoms with Crippen molar-refractivity contribution in [3.8, 4) is 50.3 Å². The highest BCUT2D eigenvalue weighted by Gasteiger charge is 2.14. The number of hydrogen-bond acceptors (Lipinski definition) is 2. The molecule has 13 aromatic rings. The molecular formula is C60H37N3. The average molecular weight is 800 g/mol. The second-order valence-corrected chi connectivity index (χ2v) is 16.6. The van der Waals surface area contributed by atoms with Crippen LogP contribution in [-0.2, 0) is 0 Å². The number of fused-ring (bicyclic) bond motifs is 11. The smallest absolute Gasteiger partial charge is 0.0979 e. The maximum atomic E-state index is 5.25. The summed E-state index contributed by atoms with van der Waals surface area (Å²) >= 11 is 0. The van der Waals surface area contributed by atoms with Gasteiger partial charge >= 0.3 is 0 Å². The van der Waals surface area contributed by atoms with Gasteiger partial charge in [0, 0.05) is 32.8 Å². The predicted octanol–water partition coefficient (Wildman–Crippen LogP) is 16.0. The van der Waals surface area contributed by atoms with Gasteiger partial charge in [0.1, 0.15) is 0 Å². The molecule has 0 spiro atoms. The van der Waals surface area contributed by atoms with Crippen LogP contribution in [0.3, 0.4) is 0 Å². The summed E-state index contributed by atoms with van der Waals surface area (Å²) in [7, 11) is 0. The molecule has 0 bridgehead atoms. The van der Waals surface area contributed by atoms with E-state index in [0.29, 0.717) is 0 Å². The van der Waals surface area contributed by atoms with E-state index in [2.05, 4.69) is 223 Å². The Balaban J connectivity index is 0.777. The molecule has 0 saturated carbocycles. The Morgan fingerprint density at radius 3 is 1.24 bits per heavy atom. The fourth-order valence-corrected chi connectivity index (χ4v) is 9.83. The molecule has 0 unspecified atom stereocenters. The van der Waals surface area contributed by atoms with E-state index in [0.717, 1.165) is 44.3 Å². The standard InChI is InChI=1S/C60H37N3/c1-3-16-54-50(12-1)51-13-2-4-17-55(51)60-59(54)61-37-56(62-60)48-11-9-10-39(36-48)41-22-23-45-35-47(27-26-44(45)33-41)46-25-24-42-32-40(20-21-43(42)34-46)38-28-30-49(31-29-38)63-57-18-7-5-14-52(57)53-15-6-8-19-58(53)63/h1-37H. The summed E-state index contributed by atoms with van der Waals surface area (Å²) in [6, 6.07) is 79.2. The zero-order valence-electron chi connectivity index (χ0n) is 34.2. The molecule has 0 fully saturated rings. The quantitative estimate of drug-likeness (QED) is 0.162. The van der Waals surface area contributed by atoms with Crippen molar-refractivity contribution in [1.29, 1.82) is 0 Å². The first-order valence-electron chi connectivity index (χ1n) is 21.5. The normalized spacial score (nSPS) is 11.8. The second-order valence-electron chi connectivity index (χ2n) is 16.6. The number of nitrogens with zero attached hydrogens (tertiary/aromatic N) is 3. The number of para-hydroxylation sites is 2. The first-order chi connectivity index (χ1) is 31.2. The van der Waals surface area contributed by atoms with Crippen molar-refractivity contribution < 1.29 is 0 Å². The molecule has 11 aromatic carbocycles. The topological polar surface area (TPSA) is 30.7 Å². The predicted molar refractivity (Wildman–Crippen MR) is 266 cm³/mol. The number of hydrogen-bond donors (Lipinski definition) is 0. The van der Waals surface area contributed by atoms with Gasteiger partial charge in [0.2, 0.25) is 0 Å². The van der Waals surface area contributed by atoms with Crippen molar-refractivity contribution in [2.75, 3.05) is 0 Å². The lowest BCUT2D eigenvalue weighted by atomic mass is 9.95. The van der Waals surface area contributed by atoms with Crippen molar-refractivity contribution in [3.05, 3.63) is 225 Å². The minimum atomic E-state index is 0.868. The van der Waals surface area contributed by atoms with Crippen LogP contribution in [0.5, 0.6) is 0 Å². The molecular weight excluding hydrogens is 763 g/mol. The minimum absolute atomic E-state index is 0.868. The second kappa shape index (κ2) is 14.1. The highest BCUT2D eigenvalue weighted by Crippen LogP contribution is 2.37. The third-order valence-corrected chi connectivity index (χ3v) is 13.0. The Bertz CT molecular complexity index is 3880. The van der Waals surface area contributed by atoms with Crippen molar-refractivity contribution >= 4 is 75.9 Å². The van der Waals surface area contributed by atoms with E-state index in [1.807, 2.05) is 6.20 Å². The molecule has 2 heterocycles. The third-order valence-electron chi connectivity index (χ3n) is 13.0. The molecule has 0 N–H and O–H groups in total. The zero-order chi connectivity index (χ0) is 41.4. The average Bonchev–Trinajstić information content (AvgIpc) is 3.70. The molecule has 13 rings (SSSR count). The Kier molecular flexibility index (Phi) is 7.91. The van der Waals surface area contributed by atoms with Crippen LogP contribution >= 0.6 is 0 Å². The van der Waals surface area contributed by atoms with Gasteiger partial charge in [-0.25, -0.2) is 4.98 Å². The highest BCUT2D eigenvalue weighted by atomic mass is 15.0. The SMILES string of the molecule is c1cc(-c2ccc3cc(-c4ccc5cc(-c6ccc(-n7c8ccccc8c8ccccc87)cc6)ccc5c4)ccc3c2)cc(-c2cnc3c4ccccc4c4ccccc4c3n2)c1. The summed E-state index contributed by atoms with van der Waals surface area (Å²) in [5, 5.41) is 12.1. The van der Waals surface area contributed by atoms with Gasteiger partial charge in [0.05, 0.1) is 34.0 Å². The van der Waals surface area contributed by atoms with E-state index in [9.17, 15) is 0 Å². The van der Waals surface area contributed by atoms with Crippen LogP contribution in [0.25, 0.3) is 126 Å². The van der Waals surface area contributed by atoms with E-state index in [1.54, 1.807) is 0 Å². The van der Waals surface area contributed by atoms with Crippen molar-refractivity contribution in [2.45, 2.75) is 0 Å². The van der Waals surface area contributed by atoms with Crippen LogP contribution in [0.2, 0.25) is 0 Å². The lowest BCUT2D eigenvalue weighted by molar-refractivity contribution is 1.18. The largest absolute Gasteiger partial charge is 0.309 e. The molecule has 63 heavy (non-hydrogen) atoms. The van der Waals surface area contributed by atoms with E-state index in [1.165, 1.54) is 81.9 Å². The Morgan fingerprint density at radius 1 is 0.286 bits per heavy atom. The molecule has 0 atom stereocenters. The molecule has 0 saturated heterocycles. The van der Waals surface area contributed by atoms with E-state index in [-0.39, 0.29) is 0 Å². The number of rotatable bonds is 5. The van der Waals surface area contributed by atoms with E-state index >= 15 is 0 Å². The molecule has 0 aliphatic carbocycles. The van der Waals surface area contributed by atoms with E-state index < -0.39 is 0 Å². The fourth-order valence-electron chi connectivity index (χ4n) is 9.83. The zero-order valence-corrected chi connectivity index (χ0v) is 34.2. The van der Waals surface area contributed by atoms with Gasteiger partial charge in [-0.2, -0.15) is 0 Å². The summed E-state index contributed by atoms with van der Waals surface area (Å²) in [5.74, 6) is 0. The summed E-state index contributed by atoms with van der Waals surface area (Å²) in [4.78, 5) is 10.3. The van der Waals surface area contributed by atoms with Crippen LogP contribution in [-0.4, -0.2) is 14.5 Å². The number of aromatic nitrogens is 3. The van der Waals surface area contributed by atoms with Crippen LogP contribution in [0.4, 0.5) is 0 Å². The first kappa shape index (κ1) is 35.4. The lowest BCUT2D eigenvalue weighted by Gasteiger charge is -2.11. The molecule has 0 aliphatic heterocycles. The van der Waals surface area contributed by atoms with Gasteiger partial charge < -0.3 is 4.57 Å². The summed E-state index contributed by atoms with van der Waals surface area (Å²) in [5.41, 5.74) is 14.6. The van der Waals surface area contributed by atoms with Crippen LogP contribution in [0.1, 0.15) is 0 Å². The fraction of sp³-hybridized carbons (Fsp3) is 0. The van der Waals surface area contributed by atoms with Crippen molar-refractivity contribution in [3.63, 3.8) is 0 Å². The maximum Gasteiger partial charge on any atom is 0.0979 e. The monoisotopic (exact) mass is 799 g/mol. The summed E-state index contributed by atoms with van der Waals surface area (Å²) < 4.78 is 2.37. The number of benzene rings is 11. The van der Waals surface area contributed by atoms with Gasteiger partial charge in [-0.05, 0) is 120 Å². The Morgan fingerprint density at radius 2 is 0.698 bits per heavy atom. The molecule has 2 aromatic heterocycles. The summed E-state index contributed by atoms with van der Waals surface area (Å²) in [6.45, 7) is 0. The van der Waals surface area contributed by atoms with Gasteiger partial charge in [0.25, 0.3) is 0 Å². The van der Waals surface area contributed by atoms with E-state index in [4.69, 9.17) is 9.97 Å². The Hall–Kier alpha value is -8.40. The molecule has 0 amide bonds. The van der Waals surface area contributed by atoms with Crippen molar-refractivity contribution in [2.24, 2.45) is 0 Å². The maximum absolute atomic E-state index is 5.25. The minimum Gasteiger partial charge on any atom is -0.309 e. The molecule has 292 valence electrons. The summed E-state index contributed by atoms with van der Waals surface area (Å²) in [6.07, 6.45) is 1.92. The van der Waals surface area contributed by atoms with Gasteiger partial charge in [-0.1, -0.05) is 164 Å². The van der Waals surface area contributed by atoms with Crippen molar-refractivity contribution in [1.82, 2.24) is 14.5 Å². The molecule has 0 radical (unpaired) electrons. The molecule has 3 nitrogen and oxygen atoms in total. The van der Waals surface area contributed by atoms with Crippen LogP contribution < -0.4 is 0 Å². The third kappa shape index (κ3) is 5.82. The van der Waals surface area contributed by atoms with Gasteiger partial charge in [-0.3, -0.25) is 4.98 Å². The first-order valence-corrected chi connectivity index (χ1v) is 21.5. The molecule has 3 heteroatoms.